The van der Waals surface area contributed by atoms with Gasteiger partial charge in [0.2, 0.25) is 0 Å². The van der Waals surface area contributed by atoms with Crippen LogP contribution in [0.15, 0.2) is 41.4 Å². The van der Waals surface area contributed by atoms with E-state index in [1.54, 1.807) is 23.9 Å². The number of thioether (sulfide) groups is 1. The quantitative estimate of drug-likeness (QED) is 0.477. The molecule has 1 unspecified atom stereocenters. The number of imidazole rings is 1. The molecular formula is C20H19N5S. The largest absolute Gasteiger partial charge is 0.361 e. The average molecular weight is 361 g/mol. The Morgan fingerprint density at radius 1 is 1.27 bits per heavy atom. The van der Waals surface area contributed by atoms with Gasteiger partial charge in [-0.05, 0) is 56.0 Å². The predicted octanol–water partition coefficient (Wildman–Crippen LogP) is 4.17. The SMILES string of the molecule is CSc1cc(C)c2[nH]ccc2c1C(C)(N)c1nc2ccc(C#N)cc2[nH]1. The number of benzene rings is 2. The Morgan fingerprint density at radius 2 is 2.08 bits per heavy atom. The number of nitrogens with two attached hydrogens (primary N) is 1. The molecule has 2 heterocycles. The number of aryl methyl sites for hydroxylation is 1. The van der Waals surface area contributed by atoms with Crippen LogP contribution < -0.4 is 5.73 Å². The van der Waals surface area contributed by atoms with Crippen LogP contribution >= 0.6 is 11.8 Å². The summed E-state index contributed by atoms with van der Waals surface area (Å²) in [5, 5.41) is 10.2. The molecule has 0 saturated carbocycles. The van der Waals surface area contributed by atoms with E-state index in [-0.39, 0.29) is 0 Å². The second-order valence-corrected chi connectivity index (χ2v) is 7.52. The van der Waals surface area contributed by atoms with Crippen LogP contribution in [-0.4, -0.2) is 21.2 Å². The van der Waals surface area contributed by atoms with Crippen LogP contribution in [0.3, 0.4) is 0 Å². The Hall–Kier alpha value is -2.75. The molecule has 2 aromatic carbocycles. The van der Waals surface area contributed by atoms with E-state index in [1.165, 1.54) is 5.56 Å². The highest BCUT2D eigenvalue weighted by Gasteiger charge is 2.32. The van der Waals surface area contributed by atoms with Crippen LogP contribution in [-0.2, 0) is 5.54 Å². The Labute approximate surface area is 155 Å². The molecule has 6 heteroatoms. The number of nitrogens with zero attached hydrogens (tertiary/aromatic N) is 2. The third-order valence-electron chi connectivity index (χ3n) is 4.85. The van der Waals surface area contributed by atoms with Gasteiger partial charge < -0.3 is 15.7 Å². The van der Waals surface area contributed by atoms with Crippen molar-refractivity contribution >= 4 is 33.7 Å². The van der Waals surface area contributed by atoms with Gasteiger partial charge in [0.15, 0.2) is 0 Å². The number of fused-ring (bicyclic) bond motifs is 2. The molecule has 130 valence electrons. The molecule has 0 radical (unpaired) electrons. The van der Waals surface area contributed by atoms with E-state index < -0.39 is 5.54 Å². The summed E-state index contributed by atoms with van der Waals surface area (Å²) in [5.74, 6) is 0.684. The zero-order chi connectivity index (χ0) is 18.5. The van der Waals surface area contributed by atoms with E-state index in [1.807, 2.05) is 19.2 Å². The molecule has 1 atom stereocenters. The van der Waals surface area contributed by atoms with E-state index in [0.717, 1.165) is 32.4 Å². The lowest BCUT2D eigenvalue weighted by Crippen LogP contribution is -2.36. The Balaban J connectivity index is 1.97. The van der Waals surface area contributed by atoms with Crippen molar-refractivity contribution in [2.24, 2.45) is 5.73 Å². The molecule has 0 bridgehead atoms. The first-order chi connectivity index (χ1) is 12.5. The van der Waals surface area contributed by atoms with Crippen molar-refractivity contribution in [1.82, 2.24) is 15.0 Å². The first-order valence-electron chi connectivity index (χ1n) is 8.30. The fourth-order valence-corrected chi connectivity index (χ4v) is 4.34. The molecule has 2 aromatic heterocycles. The molecule has 0 saturated heterocycles. The van der Waals surface area contributed by atoms with Gasteiger partial charge in [-0.25, -0.2) is 4.98 Å². The molecule has 0 fully saturated rings. The molecule has 26 heavy (non-hydrogen) atoms. The van der Waals surface area contributed by atoms with E-state index in [9.17, 15) is 0 Å². The van der Waals surface area contributed by atoms with E-state index in [0.29, 0.717) is 11.4 Å². The summed E-state index contributed by atoms with van der Waals surface area (Å²) >= 11 is 1.68. The fraction of sp³-hybridized carbons (Fsp3) is 0.200. The van der Waals surface area contributed by atoms with Crippen molar-refractivity contribution in [1.29, 1.82) is 5.26 Å². The van der Waals surface area contributed by atoms with E-state index in [2.05, 4.69) is 41.3 Å². The summed E-state index contributed by atoms with van der Waals surface area (Å²) < 4.78 is 0. The third kappa shape index (κ3) is 2.40. The second-order valence-electron chi connectivity index (χ2n) is 6.67. The first kappa shape index (κ1) is 16.7. The highest BCUT2D eigenvalue weighted by atomic mass is 32.2. The molecule has 5 nitrogen and oxygen atoms in total. The number of hydrogen-bond acceptors (Lipinski definition) is 4. The minimum Gasteiger partial charge on any atom is -0.361 e. The molecule has 4 N–H and O–H groups in total. The van der Waals surface area contributed by atoms with Crippen LogP contribution in [0.4, 0.5) is 0 Å². The molecule has 0 aliphatic heterocycles. The number of hydrogen-bond donors (Lipinski definition) is 3. The molecule has 4 rings (SSSR count). The number of nitrogens with one attached hydrogen (secondary N) is 2. The lowest BCUT2D eigenvalue weighted by molar-refractivity contribution is 0.562. The van der Waals surface area contributed by atoms with Crippen molar-refractivity contribution in [2.45, 2.75) is 24.3 Å². The molecule has 0 amide bonds. The summed E-state index contributed by atoms with van der Waals surface area (Å²) in [7, 11) is 0. The number of H-pyrrole nitrogens is 2. The highest BCUT2D eigenvalue weighted by molar-refractivity contribution is 7.98. The van der Waals surface area contributed by atoms with E-state index in [4.69, 9.17) is 16.0 Å². The Morgan fingerprint density at radius 3 is 2.81 bits per heavy atom. The van der Waals surface area contributed by atoms with Crippen LogP contribution in [0.25, 0.3) is 21.9 Å². The van der Waals surface area contributed by atoms with E-state index >= 15 is 0 Å². The highest BCUT2D eigenvalue weighted by Crippen LogP contribution is 2.39. The fourth-order valence-electron chi connectivity index (χ4n) is 3.52. The second kappa shape index (κ2) is 5.90. The summed E-state index contributed by atoms with van der Waals surface area (Å²) in [6.07, 6.45) is 4.00. The van der Waals surface area contributed by atoms with Crippen LogP contribution in [0.1, 0.15) is 29.4 Å². The van der Waals surface area contributed by atoms with Gasteiger partial charge in [-0.1, -0.05) is 0 Å². The van der Waals surface area contributed by atoms with Gasteiger partial charge in [0.05, 0.1) is 28.2 Å². The zero-order valence-corrected chi connectivity index (χ0v) is 15.7. The average Bonchev–Trinajstić information content (AvgIpc) is 3.27. The molecular weight excluding hydrogens is 342 g/mol. The van der Waals surface area contributed by atoms with Crippen molar-refractivity contribution in [3.05, 3.63) is 59.0 Å². The summed E-state index contributed by atoms with van der Waals surface area (Å²) in [4.78, 5) is 12.5. The van der Waals surface area contributed by atoms with Crippen molar-refractivity contribution < 1.29 is 0 Å². The number of nitriles is 1. The summed E-state index contributed by atoms with van der Waals surface area (Å²) in [5.41, 5.74) is 11.6. The molecule has 4 aromatic rings. The van der Waals surface area contributed by atoms with Crippen molar-refractivity contribution in [2.75, 3.05) is 6.26 Å². The van der Waals surface area contributed by atoms with Crippen LogP contribution in [0.5, 0.6) is 0 Å². The molecule has 0 aliphatic carbocycles. The maximum Gasteiger partial charge on any atom is 0.131 e. The smallest absolute Gasteiger partial charge is 0.131 e. The number of aromatic amines is 2. The Kier molecular flexibility index (Phi) is 3.79. The van der Waals surface area contributed by atoms with Crippen LogP contribution in [0.2, 0.25) is 0 Å². The first-order valence-corrected chi connectivity index (χ1v) is 9.52. The normalized spacial score (nSPS) is 13.8. The monoisotopic (exact) mass is 361 g/mol. The van der Waals surface area contributed by atoms with Gasteiger partial charge >= 0.3 is 0 Å². The van der Waals surface area contributed by atoms with Crippen molar-refractivity contribution in [3.63, 3.8) is 0 Å². The minimum absolute atomic E-state index is 0.597. The predicted molar refractivity (Wildman–Crippen MR) is 106 cm³/mol. The topological polar surface area (TPSA) is 94.3 Å². The maximum atomic E-state index is 9.12. The molecule has 0 aliphatic rings. The summed E-state index contributed by atoms with van der Waals surface area (Å²) in [6.45, 7) is 4.08. The lowest BCUT2D eigenvalue weighted by Gasteiger charge is -2.26. The maximum absolute atomic E-state index is 9.12. The Bertz CT molecular complexity index is 1180. The molecule has 0 spiro atoms. The van der Waals surface area contributed by atoms with Gasteiger partial charge in [-0.15, -0.1) is 11.8 Å². The summed E-state index contributed by atoms with van der Waals surface area (Å²) in [6, 6.07) is 11.8. The van der Waals surface area contributed by atoms with Crippen molar-refractivity contribution in [3.8, 4) is 6.07 Å². The number of rotatable bonds is 3. The lowest BCUT2D eigenvalue weighted by atomic mass is 9.88. The zero-order valence-electron chi connectivity index (χ0n) is 14.8. The van der Waals surface area contributed by atoms with Gasteiger partial charge in [-0.3, -0.25) is 0 Å². The third-order valence-corrected chi connectivity index (χ3v) is 5.61. The number of aromatic nitrogens is 3. The van der Waals surface area contributed by atoms with Crippen LogP contribution in [0, 0.1) is 18.3 Å². The standard InChI is InChI=1S/C20H19N5S/c1-11-8-16(26-3)17(13-6-7-23-18(11)13)20(2,22)19-24-14-5-4-12(10-21)9-15(14)25-19/h4-9,23H,22H2,1-3H3,(H,24,25). The van der Waals surface area contributed by atoms with Gasteiger partial charge in [0, 0.05) is 27.6 Å². The minimum atomic E-state index is -0.807. The van der Waals surface area contributed by atoms with Gasteiger partial charge in [0.1, 0.15) is 5.82 Å². The van der Waals surface area contributed by atoms with Gasteiger partial charge in [0.25, 0.3) is 0 Å². The van der Waals surface area contributed by atoms with Gasteiger partial charge in [-0.2, -0.15) is 5.26 Å².